The Bertz CT molecular complexity index is 608. The molecule has 0 aromatic carbocycles. The number of carbonyl (C=O) groups is 2. The summed E-state index contributed by atoms with van der Waals surface area (Å²) in [6.45, 7) is 0. The maximum atomic E-state index is 12.9. The molecule has 0 bridgehead atoms. The summed E-state index contributed by atoms with van der Waals surface area (Å²) in [7, 11) is 0. The smallest absolute Gasteiger partial charge is 0.326 e. The molecule has 0 radical (unpaired) electrons. The van der Waals surface area contributed by atoms with Gasteiger partial charge in [-0.15, -0.1) is 0 Å². The van der Waals surface area contributed by atoms with E-state index in [2.05, 4.69) is 10.2 Å². The van der Waals surface area contributed by atoms with Crippen molar-refractivity contribution < 1.29 is 14.7 Å². The summed E-state index contributed by atoms with van der Waals surface area (Å²) in [5.74, 6) is -0.267. The molecule has 4 rings (SSSR count). The molecule has 0 spiro atoms. The molecule has 1 amide bonds. The maximum absolute atomic E-state index is 12.9. The highest BCUT2D eigenvalue weighted by atomic mass is 16.4. The predicted octanol–water partition coefficient (Wildman–Crippen LogP) is 2.15. The van der Waals surface area contributed by atoms with Crippen LogP contribution in [0.2, 0.25) is 0 Å². The van der Waals surface area contributed by atoms with Gasteiger partial charge in [0.15, 0.2) is 0 Å². The number of carbonyl (C=O) groups excluding carboxylic acids is 1. The summed E-state index contributed by atoms with van der Waals surface area (Å²) in [6, 6.07) is 1.19. The molecule has 1 aliphatic heterocycles. The number of nitrogens with one attached hydrogen (secondary N) is 1. The number of rotatable bonds is 3. The Morgan fingerprint density at radius 1 is 1.23 bits per heavy atom. The second-order valence-corrected chi connectivity index (χ2v) is 6.90. The number of aromatic nitrogens is 2. The first-order valence-electron chi connectivity index (χ1n) is 8.26. The van der Waals surface area contributed by atoms with E-state index in [4.69, 9.17) is 0 Å². The van der Waals surface area contributed by atoms with Gasteiger partial charge in [0.2, 0.25) is 0 Å². The summed E-state index contributed by atoms with van der Waals surface area (Å²) in [6.07, 6.45) is 7.04. The van der Waals surface area contributed by atoms with E-state index in [0.717, 1.165) is 44.2 Å². The maximum Gasteiger partial charge on any atom is 0.326 e. The summed E-state index contributed by atoms with van der Waals surface area (Å²) >= 11 is 0. The molecule has 3 unspecified atom stereocenters. The zero-order chi connectivity index (χ0) is 15.3. The minimum absolute atomic E-state index is 0.0726. The molecule has 1 aromatic heterocycles. The third-order valence-corrected chi connectivity index (χ3v) is 5.44. The van der Waals surface area contributed by atoms with Gasteiger partial charge in [-0.05, 0) is 44.1 Å². The van der Waals surface area contributed by atoms with Crippen LogP contribution in [0.25, 0.3) is 0 Å². The van der Waals surface area contributed by atoms with E-state index in [9.17, 15) is 14.7 Å². The molecule has 2 heterocycles. The normalized spacial score (nSPS) is 31.1. The Morgan fingerprint density at radius 3 is 2.73 bits per heavy atom. The van der Waals surface area contributed by atoms with Crippen LogP contribution < -0.4 is 0 Å². The van der Waals surface area contributed by atoms with Crippen LogP contribution in [-0.2, 0) is 4.79 Å². The minimum atomic E-state index is -0.888. The van der Waals surface area contributed by atoms with Gasteiger partial charge in [0.25, 0.3) is 5.91 Å². The fraction of sp³-hybridized carbons (Fsp3) is 0.688. The van der Waals surface area contributed by atoms with Crippen LogP contribution in [0.4, 0.5) is 0 Å². The first-order chi connectivity index (χ1) is 10.6. The number of aromatic amines is 1. The summed E-state index contributed by atoms with van der Waals surface area (Å²) < 4.78 is 0. The monoisotopic (exact) mass is 303 g/mol. The number of carboxylic acid groups (broad SMARTS) is 1. The number of amides is 1. The Kier molecular flexibility index (Phi) is 3.20. The van der Waals surface area contributed by atoms with Crippen LogP contribution in [0.1, 0.15) is 67.0 Å². The number of carboxylic acids is 1. The molecule has 2 N–H and O–H groups in total. The van der Waals surface area contributed by atoms with Crippen LogP contribution in [0.5, 0.6) is 0 Å². The van der Waals surface area contributed by atoms with Crippen LogP contribution in [0.15, 0.2) is 6.07 Å². The Morgan fingerprint density at radius 2 is 2.00 bits per heavy atom. The van der Waals surface area contributed by atoms with E-state index < -0.39 is 12.0 Å². The molecule has 118 valence electrons. The van der Waals surface area contributed by atoms with E-state index in [1.165, 1.54) is 0 Å². The molecule has 22 heavy (non-hydrogen) atoms. The van der Waals surface area contributed by atoms with Gasteiger partial charge in [0.1, 0.15) is 11.7 Å². The van der Waals surface area contributed by atoms with Crippen molar-refractivity contribution in [1.29, 1.82) is 0 Å². The van der Waals surface area contributed by atoms with E-state index in [1.54, 1.807) is 4.90 Å². The third kappa shape index (κ3) is 2.21. The lowest BCUT2D eigenvalue weighted by Crippen LogP contribution is -2.46. The average Bonchev–Trinajstić information content (AvgIpc) is 3.12. The number of H-pyrrole nitrogens is 1. The molecule has 1 saturated heterocycles. The van der Waals surface area contributed by atoms with Crippen molar-refractivity contribution in [3.63, 3.8) is 0 Å². The molecule has 1 aromatic rings. The lowest BCUT2D eigenvalue weighted by atomic mass is 9.84. The average molecular weight is 303 g/mol. The highest BCUT2D eigenvalue weighted by Gasteiger charge is 2.48. The molecular formula is C16H21N3O3. The second-order valence-electron chi connectivity index (χ2n) is 6.90. The molecule has 3 fully saturated rings. The van der Waals surface area contributed by atoms with E-state index in [1.807, 2.05) is 6.07 Å². The number of nitrogens with zero attached hydrogens (tertiary/aromatic N) is 2. The number of hydrogen-bond donors (Lipinski definition) is 2. The first kappa shape index (κ1) is 13.8. The van der Waals surface area contributed by atoms with Crippen molar-refractivity contribution >= 4 is 11.9 Å². The van der Waals surface area contributed by atoms with Gasteiger partial charge < -0.3 is 10.0 Å². The van der Waals surface area contributed by atoms with E-state index >= 15 is 0 Å². The van der Waals surface area contributed by atoms with Gasteiger partial charge in [-0.1, -0.05) is 12.8 Å². The van der Waals surface area contributed by atoms with Crippen molar-refractivity contribution in [3.8, 4) is 0 Å². The summed E-state index contributed by atoms with van der Waals surface area (Å²) in [4.78, 5) is 26.1. The van der Waals surface area contributed by atoms with Crippen molar-refractivity contribution in [3.05, 3.63) is 17.5 Å². The Balaban J connectivity index is 1.61. The number of likely N-dealkylation sites (tertiary alicyclic amines) is 1. The minimum Gasteiger partial charge on any atom is -0.480 e. The first-order valence-corrected chi connectivity index (χ1v) is 8.26. The van der Waals surface area contributed by atoms with Gasteiger partial charge in [-0.25, -0.2) is 4.79 Å². The molecule has 6 heteroatoms. The molecule has 3 aliphatic rings. The van der Waals surface area contributed by atoms with Gasteiger partial charge >= 0.3 is 5.97 Å². The highest BCUT2D eigenvalue weighted by molar-refractivity contribution is 5.95. The third-order valence-electron chi connectivity index (χ3n) is 5.44. The standard InChI is InChI=1S/C16H21N3O3/c20-15(12-8-11(17-18-12)9-5-6-9)19-13-4-2-1-3-10(13)7-14(19)16(21)22/h8-10,13-14H,1-7H2,(H,17,18)(H,21,22). The van der Waals surface area contributed by atoms with Crippen LogP contribution in [-0.4, -0.2) is 44.2 Å². The molecular weight excluding hydrogens is 282 g/mol. The number of aliphatic carboxylic acids is 1. The topological polar surface area (TPSA) is 86.3 Å². The quantitative estimate of drug-likeness (QED) is 0.895. The molecule has 6 nitrogen and oxygen atoms in total. The number of fused-ring (bicyclic) bond motifs is 1. The second kappa shape index (κ2) is 5.11. The van der Waals surface area contributed by atoms with Crippen molar-refractivity contribution in [2.24, 2.45) is 5.92 Å². The summed E-state index contributed by atoms with van der Waals surface area (Å²) in [5, 5.41) is 16.6. The lowest BCUT2D eigenvalue weighted by molar-refractivity contribution is -0.141. The number of hydrogen-bond acceptors (Lipinski definition) is 3. The zero-order valence-corrected chi connectivity index (χ0v) is 12.5. The van der Waals surface area contributed by atoms with Gasteiger partial charge in [-0.3, -0.25) is 9.89 Å². The predicted molar refractivity (Wildman–Crippen MR) is 78.5 cm³/mol. The summed E-state index contributed by atoms with van der Waals surface area (Å²) in [5.41, 5.74) is 1.38. The van der Waals surface area contributed by atoms with Crippen molar-refractivity contribution in [2.75, 3.05) is 0 Å². The largest absolute Gasteiger partial charge is 0.480 e. The van der Waals surface area contributed by atoms with E-state index in [-0.39, 0.29) is 11.9 Å². The molecule has 3 atom stereocenters. The van der Waals surface area contributed by atoms with Crippen molar-refractivity contribution in [2.45, 2.75) is 62.9 Å². The SMILES string of the molecule is O=C(O)C1CC2CCCCC2N1C(=O)c1cc(C2CC2)[nH]n1. The lowest BCUT2D eigenvalue weighted by Gasteiger charge is -2.32. The Labute approximate surface area is 128 Å². The zero-order valence-electron chi connectivity index (χ0n) is 12.5. The van der Waals surface area contributed by atoms with Crippen LogP contribution in [0.3, 0.4) is 0 Å². The van der Waals surface area contributed by atoms with Crippen LogP contribution >= 0.6 is 0 Å². The molecule has 2 aliphatic carbocycles. The van der Waals surface area contributed by atoms with Gasteiger partial charge in [0, 0.05) is 17.7 Å². The van der Waals surface area contributed by atoms with E-state index in [0.29, 0.717) is 24.0 Å². The van der Waals surface area contributed by atoms with Gasteiger partial charge in [-0.2, -0.15) is 5.10 Å². The molecule has 2 saturated carbocycles. The highest BCUT2D eigenvalue weighted by Crippen LogP contribution is 2.41. The fourth-order valence-corrected chi connectivity index (χ4v) is 4.15. The Hall–Kier alpha value is -1.85. The van der Waals surface area contributed by atoms with Crippen molar-refractivity contribution in [1.82, 2.24) is 15.1 Å². The van der Waals surface area contributed by atoms with Crippen LogP contribution in [0, 0.1) is 5.92 Å². The fourth-order valence-electron chi connectivity index (χ4n) is 4.15. The van der Waals surface area contributed by atoms with Gasteiger partial charge in [0.05, 0.1) is 0 Å².